The van der Waals surface area contributed by atoms with Crippen molar-refractivity contribution >= 4 is 48.2 Å². The minimum absolute atomic E-state index is 0.0355. The molecule has 0 bridgehead atoms. The predicted molar refractivity (Wildman–Crippen MR) is 115 cm³/mol. The number of carboxylic acids is 2. The number of carboxylic acid groups (broad SMARTS) is 2. The molecule has 32 heavy (non-hydrogen) atoms. The smallest absolute Gasteiger partial charge is 0.326 e. The molecule has 0 rings (SSSR count). The van der Waals surface area contributed by atoms with Crippen LogP contribution in [0, 0.1) is 5.92 Å². The molecule has 5 atom stereocenters. The fraction of sp³-hybridized carbons (Fsp3) is 0.667. The number of rotatable bonds is 15. The molecule has 5 unspecified atom stereocenters. The summed E-state index contributed by atoms with van der Waals surface area (Å²) in [5.41, 5.74) is 10.6. The molecule has 0 radical (unpaired) electrons. The Bertz CT molecular complexity index is 719. The quantitative estimate of drug-likeness (QED) is 0.117. The first-order chi connectivity index (χ1) is 14.8. The second kappa shape index (κ2) is 14.2. The van der Waals surface area contributed by atoms with Crippen LogP contribution in [-0.2, 0) is 28.8 Å². The monoisotopic (exact) mass is 477 g/mol. The van der Waals surface area contributed by atoms with Crippen molar-refractivity contribution in [2.75, 3.05) is 5.75 Å². The zero-order valence-electron chi connectivity index (χ0n) is 17.9. The van der Waals surface area contributed by atoms with Crippen LogP contribution in [0.1, 0.15) is 39.5 Å². The molecule has 0 saturated heterocycles. The van der Waals surface area contributed by atoms with Gasteiger partial charge in [-0.2, -0.15) is 12.6 Å². The normalized spacial score (nSPS) is 15.4. The molecule has 0 aliphatic carbocycles. The number of thiol groups is 1. The highest BCUT2D eigenvalue weighted by Crippen LogP contribution is 2.09. The average molecular weight is 478 g/mol. The lowest BCUT2D eigenvalue weighted by molar-refractivity contribution is -0.144. The molecule has 13 nitrogen and oxygen atoms in total. The largest absolute Gasteiger partial charge is 0.481 e. The Kier molecular flexibility index (Phi) is 13.0. The van der Waals surface area contributed by atoms with Crippen molar-refractivity contribution in [3.8, 4) is 0 Å². The van der Waals surface area contributed by atoms with Crippen molar-refractivity contribution in [3.05, 3.63) is 0 Å². The maximum Gasteiger partial charge on any atom is 0.326 e. The van der Waals surface area contributed by atoms with Gasteiger partial charge in [-0.1, -0.05) is 20.3 Å². The summed E-state index contributed by atoms with van der Waals surface area (Å²) in [6, 6.07) is -5.36. The van der Waals surface area contributed by atoms with E-state index in [0.717, 1.165) is 0 Å². The van der Waals surface area contributed by atoms with Crippen molar-refractivity contribution in [1.82, 2.24) is 16.0 Å². The number of aliphatic carboxylic acids is 2. The lowest BCUT2D eigenvalue weighted by Gasteiger charge is -2.25. The maximum absolute atomic E-state index is 12.7. The molecule has 14 heteroatoms. The van der Waals surface area contributed by atoms with E-state index in [2.05, 4.69) is 28.6 Å². The summed E-state index contributed by atoms with van der Waals surface area (Å²) in [6.45, 7) is 3.30. The second-order valence-corrected chi connectivity index (χ2v) is 7.59. The third-order valence-corrected chi connectivity index (χ3v) is 5.03. The van der Waals surface area contributed by atoms with Crippen LogP contribution in [0.5, 0.6) is 0 Å². The molecule has 0 aromatic carbocycles. The zero-order valence-corrected chi connectivity index (χ0v) is 18.8. The Labute approximate surface area is 190 Å². The van der Waals surface area contributed by atoms with Crippen LogP contribution < -0.4 is 27.4 Å². The molecule has 0 spiro atoms. The zero-order chi connectivity index (χ0) is 25.0. The molecular weight excluding hydrogens is 446 g/mol. The van der Waals surface area contributed by atoms with Gasteiger partial charge in [0.15, 0.2) is 0 Å². The standard InChI is InChI=1S/C18H31N5O8S/c1-3-8(2)14(18(30)31)23-17(29)11(6-13(25)26)22-16(28)10(4-5-12(20)24)21-15(27)9(19)7-32/h8-11,14,32H,3-7,19H2,1-2H3,(H2,20,24)(H,21,27)(H,22,28)(H,23,29)(H,25,26)(H,30,31). The number of nitrogens with one attached hydrogen (secondary N) is 3. The number of nitrogens with two attached hydrogens (primary N) is 2. The van der Waals surface area contributed by atoms with Gasteiger partial charge in [0.25, 0.3) is 0 Å². The SMILES string of the molecule is CCC(C)C(NC(=O)C(CC(=O)O)NC(=O)C(CCC(N)=O)NC(=O)C(N)CS)C(=O)O. The van der Waals surface area contributed by atoms with Crippen molar-refractivity contribution in [3.63, 3.8) is 0 Å². The summed E-state index contributed by atoms with van der Waals surface area (Å²) in [5, 5.41) is 25.1. The van der Waals surface area contributed by atoms with Gasteiger partial charge in [-0.15, -0.1) is 0 Å². The van der Waals surface area contributed by atoms with E-state index in [1.165, 1.54) is 0 Å². The summed E-state index contributed by atoms with van der Waals surface area (Å²) >= 11 is 3.88. The Morgan fingerprint density at radius 1 is 0.938 bits per heavy atom. The van der Waals surface area contributed by atoms with Gasteiger partial charge in [0.05, 0.1) is 12.5 Å². The van der Waals surface area contributed by atoms with E-state index in [0.29, 0.717) is 6.42 Å². The fourth-order valence-corrected chi connectivity index (χ4v) is 2.68. The van der Waals surface area contributed by atoms with Crippen LogP contribution in [-0.4, -0.2) is 75.7 Å². The third-order valence-electron chi connectivity index (χ3n) is 4.63. The van der Waals surface area contributed by atoms with E-state index in [1.807, 2.05) is 0 Å². The summed E-state index contributed by atoms with van der Waals surface area (Å²) in [7, 11) is 0. The molecule has 0 fully saturated rings. The summed E-state index contributed by atoms with van der Waals surface area (Å²) < 4.78 is 0. The van der Waals surface area contributed by atoms with E-state index in [1.54, 1.807) is 13.8 Å². The van der Waals surface area contributed by atoms with Crippen LogP contribution in [0.25, 0.3) is 0 Å². The number of hydrogen-bond acceptors (Lipinski definition) is 8. The summed E-state index contributed by atoms with van der Waals surface area (Å²) in [5.74, 6) is -6.77. The minimum Gasteiger partial charge on any atom is -0.481 e. The van der Waals surface area contributed by atoms with Crippen molar-refractivity contribution in [1.29, 1.82) is 0 Å². The van der Waals surface area contributed by atoms with Gasteiger partial charge < -0.3 is 37.6 Å². The van der Waals surface area contributed by atoms with Crippen LogP contribution in [0.4, 0.5) is 0 Å². The molecule has 0 aromatic rings. The summed E-state index contributed by atoms with van der Waals surface area (Å²) in [6.07, 6.45) is -0.964. The first kappa shape index (κ1) is 29.1. The molecule has 9 N–H and O–H groups in total. The predicted octanol–water partition coefficient (Wildman–Crippen LogP) is -2.43. The number of carbonyl (C=O) groups excluding carboxylic acids is 4. The molecule has 4 amide bonds. The van der Waals surface area contributed by atoms with E-state index in [4.69, 9.17) is 16.6 Å². The number of primary amides is 1. The maximum atomic E-state index is 12.7. The molecular formula is C18H31N5O8S. The van der Waals surface area contributed by atoms with Crippen LogP contribution in [0.3, 0.4) is 0 Å². The number of amides is 4. The number of hydrogen-bond donors (Lipinski definition) is 8. The Morgan fingerprint density at radius 3 is 1.91 bits per heavy atom. The lowest BCUT2D eigenvalue weighted by Crippen LogP contribution is -2.58. The molecule has 0 aromatic heterocycles. The number of carbonyl (C=O) groups is 6. The van der Waals surface area contributed by atoms with Crippen LogP contribution >= 0.6 is 12.6 Å². The highest BCUT2D eigenvalue weighted by Gasteiger charge is 2.33. The van der Waals surface area contributed by atoms with E-state index >= 15 is 0 Å². The first-order valence-corrected chi connectivity index (χ1v) is 10.5. The van der Waals surface area contributed by atoms with Gasteiger partial charge >= 0.3 is 11.9 Å². The first-order valence-electron chi connectivity index (χ1n) is 9.84. The van der Waals surface area contributed by atoms with Crippen LogP contribution in [0.15, 0.2) is 0 Å². The molecule has 182 valence electrons. The Morgan fingerprint density at radius 2 is 1.47 bits per heavy atom. The van der Waals surface area contributed by atoms with E-state index in [9.17, 15) is 33.9 Å². The van der Waals surface area contributed by atoms with Gasteiger partial charge in [-0.3, -0.25) is 24.0 Å². The van der Waals surface area contributed by atoms with Crippen molar-refractivity contribution in [2.45, 2.75) is 63.7 Å². The van der Waals surface area contributed by atoms with Crippen LogP contribution in [0.2, 0.25) is 0 Å². The van der Waals surface area contributed by atoms with Gasteiger partial charge in [-0.05, 0) is 12.3 Å². The van der Waals surface area contributed by atoms with E-state index < -0.39 is 72.1 Å². The minimum atomic E-state index is -1.64. The molecule has 0 aliphatic heterocycles. The van der Waals surface area contributed by atoms with Gasteiger partial charge in [0, 0.05) is 12.2 Å². The molecule has 0 heterocycles. The lowest BCUT2D eigenvalue weighted by atomic mass is 9.98. The fourth-order valence-electron chi connectivity index (χ4n) is 2.51. The second-order valence-electron chi connectivity index (χ2n) is 7.22. The average Bonchev–Trinajstić information content (AvgIpc) is 2.71. The topological polar surface area (TPSA) is 231 Å². The third kappa shape index (κ3) is 10.4. The highest BCUT2D eigenvalue weighted by atomic mass is 32.1. The van der Waals surface area contributed by atoms with Gasteiger partial charge in [0.1, 0.15) is 18.1 Å². The highest BCUT2D eigenvalue weighted by molar-refractivity contribution is 7.80. The molecule has 0 aliphatic rings. The van der Waals surface area contributed by atoms with E-state index in [-0.39, 0.29) is 18.6 Å². The Balaban J connectivity index is 5.58. The van der Waals surface area contributed by atoms with Crippen molar-refractivity contribution < 1.29 is 39.0 Å². The summed E-state index contributed by atoms with van der Waals surface area (Å²) in [4.78, 5) is 71.0. The van der Waals surface area contributed by atoms with Crippen molar-refractivity contribution in [2.24, 2.45) is 17.4 Å². The van der Waals surface area contributed by atoms with Gasteiger partial charge in [0.2, 0.25) is 23.6 Å². The Hall–Kier alpha value is -2.87. The van der Waals surface area contributed by atoms with Gasteiger partial charge in [-0.25, -0.2) is 4.79 Å². The molecule has 0 saturated carbocycles.